The zero-order chi connectivity index (χ0) is 45.9. The second-order valence-electron chi connectivity index (χ2n) is 18.3. The van der Waals surface area contributed by atoms with Crippen molar-refractivity contribution in [1.29, 1.82) is 0 Å². The minimum absolute atomic E-state index is 0.652. The van der Waals surface area contributed by atoms with Crippen molar-refractivity contribution < 1.29 is 4.42 Å². The molecule has 0 unspecified atom stereocenters. The number of rotatable bonds is 5. The summed E-state index contributed by atoms with van der Waals surface area (Å²) < 4.78 is 8.60. The third-order valence-corrected chi connectivity index (χ3v) is 14.4. The topological polar surface area (TPSA) is 56.7 Å². The maximum Gasteiger partial charge on any atom is 0.162 e. The standard InChI is InChI=1S/C65H38N4O/c1-2-13-39(14-3-1)42-27-30-59-55(34-42)56-36-53-52-33-43(44-28-31-62-57(35-44)49-22-8-9-25-61(49)70-62)26-29-48(52)46-20-6-7-21-47(46)54(53)37-60(56)69(59)63-38-58(51-24-11-17-41-18-12-32-66-64(41)51)67-65(68-63)50-23-10-16-40-15-4-5-19-45(40)50/h1-38H. The number of para-hydroxylation sites is 2. The van der Waals surface area contributed by atoms with Crippen LogP contribution in [0.15, 0.2) is 235 Å². The average molecular weight is 891 g/mol. The molecule has 0 N–H and O–H groups in total. The number of aromatic nitrogens is 4. The molecule has 4 heterocycles. The maximum atomic E-state index is 6.25. The Balaban J connectivity index is 1.05. The SMILES string of the molecule is c1ccc(-c2ccc3c(c2)c2cc4c5cc(-c6ccc7oc8ccccc8c7c6)ccc5c5ccccc5c4cc2n3-c2cc(-c3cccc4cccnc34)nc(-c3cccc4ccccc34)n2)cc1. The number of hydrogen-bond donors (Lipinski definition) is 0. The molecule has 0 aliphatic rings. The normalized spacial score (nSPS) is 12.0. The van der Waals surface area contributed by atoms with Crippen LogP contribution in [0.3, 0.4) is 0 Å². The minimum atomic E-state index is 0.652. The van der Waals surface area contributed by atoms with E-state index in [0.717, 1.165) is 105 Å². The Labute approximate surface area is 401 Å². The molecule has 15 aromatic rings. The van der Waals surface area contributed by atoms with Crippen LogP contribution in [0.1, 0.15) is 0 Å². The summed E-state index contributed by atoms with van der Waals surface area (Å²) >= 11 is 0. The molecule has 324 valence electrons. The minimum Gasteiger partial charge on any atom is -0.456 e. The lowest BCUT2D eigenvalue weighted by Gasteiger charge is -2.15. The summed E-state index contributed by atoms with van der Waals surface area (Å²) in [5, 5.41) is 15.0. The second-order valence-corrected chi connectivity index (χ2v) is 18.3. The van der Waals surface area contributed by atoms with E-state index in [0.29, 0.717) is 5.82 Å². The van der Waals surface area contributed by atoms with E-state index >= 15 is 0 Å². The highest BCUT2D eigenvalue weighted by Crippen LogP contribution is 2.44. The molecular formula is C65H38N4O. The highest BCUT2D eigenvalue weighted by atomic mass is 16.3. The van der Waals surface area contributed by atoms with Crippen LogP contribution in [0.2, 0.25) is 0 Å². The van der Waals surface area contributed by atoms with Crippen molar-refractivity contribution in [3.8, 4) is 50.7 Å². The van der Waals surface area contributed by atoms with E-state index < -0.39 is 0 Å². The van der Waals surface area contributed by atoms with Crippen LogP contribution in [-0.4, -0.2) is 19.5 Å². The summed E-state index contributed by atoms with van der Waals surface area (Å²) in [7, 11) is 0. The Morgan fingerprint density at radius 1 is 0.329 bits per heavy atom. The van der Waals surface area contributed by atoms with Gasteiger partial charge in [-0.15, -0.1) is 0 Å². The van der Waals surface area contributed by atoms with Crippen molar-refractivity contribution >= 4 is 97.7 Å². The zero-order valence-corrected chi connectivity index (χ0v) is 37.6. The van der Waals surface area contributed by atoms with Crippen LogP contribution in [-0.2, 0) is 0 Å². The zero-order valence-electron chi connectivity index (χ0n) is 37.6. The molecule has 70 heavy (non-hydrogen) atoms. The van der Waals surface area contributed by atoms with Gasteiger partial charge >= 0.3 is 0 Å². The summed E-state index contributed by atoms with van der Waals surface area (Å²) in [4.78, 5) is 15.9. The molecule has 5 nitrogen and oxygen atoms in total. The van der Waals surface area contributed by atoms with Crippen LogP contribution in [0, 0.1) is 0 Å². The molecule has 0 spiro atoms. The van der Waals surface area contributed by atoms with Crippen LogP contribution in [0.4, 0.5) is 0 Å². The van der Waals surface area contributed by atoms with Crippen molar-refractivity contribution in [2.24, 2.45) is 0 Å². The lowest BCUT2D eigenvalue weighted by atomic mass is 9.91. The van der Waals surface area contributed by atoms with Gasteiger partial charge in [0.15, 0.2) is 5.82 Å². The monoisotopic (exact) mass is 890 g/mol. The molecule has 5 heteroatoms. The molecular weight excluding hydrogens is 853 g/mol. The first-order valence-corrected chi connectivity index (χ1v) is 23.7. The molecule has 0 aliphatic carbocycles. The predicted molar refractivity (Wildman–Crippen MR) is 291 cm³/mol. The van der Waals surface area contributed by atoms with Crippen LogP contribution in [0.25, 0.3) is 148 Å². The molecule has 0 amide bonds. The fourth-order valence-corrected chi connectivity index (χ4v) is 11.1. The van der Waals surface area contributed by atoms with Crippen molar-refractivity contribution in [3.05, 3.63) is 231 Å². The van der Waals surface area contributed by atoms with E-state index in [1.807, 2.05) is 24.4 Å². The number of nitrogens with zero attached hydrogens (tertiary/aromatic N) is 4. The third-order valence-electron chi connectivity index (χ3n) is 14.4. The van der Waals surface area contributed by atoms with Gasteiger partial charge in [-0.05, 0) is 120 Å². The summed E-state index contributed by atoms with van der Waals surface area (Å²) in [6, 6.07) is 80.5. The van der Waals surface area contributed by atoms with E-state index in [9.17, 15) is 0 Å². The second kappa shape index (κ2) is 15.0. The van der Waals surface area contributed by atoms with Crippen molar-refractivity contribution in [2.45, 2.75) is 0 Å². The van der Waals surface area contributed by atoms with Crippen LogP contribution in [0.5, 0.6) is 0 Å². The highest BCUT2D eigenvalue weighted by Gasteiger charge is 2.22. The van der Waals surface area contributed by atoms with Gasteiger partial charge in [0.25, 0.3) is 0 Å². The molecule has 11 aromatic carbocycles. The van der Waals surface area contributed by atoms with Gasteiger partial charge in [0.2, 0.25) is 0 Å². The number of furan rings is 1. The fraction of sp³-hybridized carbons (Fsp3) is 0. The number of pyridine rings is 1. The summed E-state index contributed by atoms with van der Waals surface area (Å²) in [6.45, 7) is 0. The van der Waals surface area contributed by atoms with E-state index in [1.165, 1.54) is 37.9 Å². The molecule has 0 aliphatic heterocycles. The van der Waals surface area contributed by atoms with Gasteiger partial charge in [-0.3, -0.25) is 9.55 Å². The Hall–Kier alpha value is -9.45. The number of hydrogen-bond acceptors (Lipinski definition) is 4. The first kappa shape index (κ1) is 38.6. The third kappa shape index (κ3) is 5.88. The average Bonchev–Trinajstić information content (AvgIpc) is 3.97. The van der Waals surface area contributed by atoms with E-state index in [1.54, 1.807) is 0 Å². The van der Waals surface area contributed by atoms with Gasteiger partial charge in [-0.2, -0.15) is 0 Å². The van der Waals surface area contributed by atoms with Gasteiger partial charge in [0.05, 0.1) is 22.2 Å². The summed E-state index contributed by atoms with van der Waals surface area (Å²) in [5.74, 6) is 1.43. The van der Waals surface area contributed by atoms with Gasteiger partial charge in [-0.1, -0.05) is 164 Å². The molecule has 0 atom stereocenters. The quantitative estimate of drug-likeness (QED) is 0.162. The highest BCUT2D eigenvalue weighted by molar-refractivity contribution is 6.29. The van der Waals surface area contributed by atoms with E-state index in [-0.39, 0.29) is 0 Å². The number of fused-ring (bicyclic) bond motifs is 14. The van der Waals surface area contributed by atoms with Gasteiger partial charge in [0.1, 0.15) is 17.0 Å². The molecule has 4 aromatic heterocycles. The van der Waals surface area contributed by atoms with Gasteiger partial charge in [-0.25, -0.2) is 9.97 Å². The van der Waals surface area contributed by atoms with Crippen LogP contribution < -0.4 is 0 Å². The first-order chi connectivity index (χ1) is 34.7. The smallest absolute Gasteiger partial charge is 0.162 e. The Morgan fingerprint density at radius 2 is 0.929 bits per heavy atom. The summed E-state index contributed by atoms with van der Waals surface area (Å²) in [5.41, 5.74) is 12.2. The van der Waals surface area contributed by atoms with Gasteiger partial charge in [0, 0.05) is 50.3 Å². The lowest BCUT2D eigenvalue weighted by molar-refractivity contribution is 0.669. The first-order valence-electron chi connectivity index (χ1n) is 23.7. The molecule has 0 fully saturated rings. The molecule has 0 radical (unpaired) electrons. The van der Waals surface area contributed by atoms with Crippen molar-refractivity contribution in [3.63, 3.8) is 0 Å². The van der Waals surface area contributed by atoms with Crippen molar-refractivity contribution in [2.75, 3.05) is 0 Å². The predicted octanol–water partition coefficient (Wildman–Crippen LogP) is 17.3. The van der Waals surface area contributed by atoms with E-state index in [4.69, 9.17) is 19.4 Å². The van der Waals surface area contributed by atoms with Gasteiger partial charge < -0.3 is 4.42 Å². The maximum absolute atomic E-state index is 6.25. The summed E-state index contributed by atoms with van der Waals surface area (Å²) in [6.07, 6.45) is 1.86. The number of benzene rings is 11. The van der Waals surface area contributed by atoms with E-state index in [2.05, 4.69) is 211 Å². The molecule has 0 saturated heterocycles. The Bertz CT molecular complexity index is 4550. The molecule has 15 rings (SSSR count). The Morgan fingerprint density at radius 3 is 1.81 bits per heavy atom. The lowest BCUT2D eigenvalue weighted by Crippen LogP contribution is -2.03. The van der Waals surface area contributed by atoms with Crippen LogP contribution >= 0.6 is 0 Å². The largest absolute Gasteiger partial charge is 0.456 e. The Kier molecular flexibility index (Phi) is 8.29. The van der Waals surface area contributed by atoms with Crippen molar-refractivity contribution in [1.82, 2.24) is 19.5 Å². The fourth-order valence-electron chi connectivity index (χ4n) is 11.1. The molecule has 0 saturated carbocycles. The molecule has 0 bridgehead atoms.